The lowest BCUT2D eigenvalue weighted by atomic mass is 10.3. The lowest BCUT2D eigenvalue weighted by Crippen LogP contribution is -2.30. The Morgan fingerprint density at radius 3 is 2.93 bits per heavy atom. The van der Waals surface area contributed by atoms with Crippen molar-refractivity contribution < 1.29 is 4.79 Å². The van der Waals surface area contributed by atoms with Crippen LogP contribution in [0.2, 0.25) is 0 Å². The van der Waals surface area contributed by atoms with Crippen LogP contribution in [0.15, 0.2) is 23.0 Å². The van der Waals surface area contributed by atoms with Crippen LogP contribution in [0.5, 0.6) is 0 Å². The fourth-order valence-electron chi connectivity index (χ4n) is 1.64. The summed E-state index contributed by atoms with van der Waals surface area (Å²) >= 11 is 3.47. The molecular formula is C10H11BrN2O2. The van der Waals surface area contributed by atoms with E-state index >= 15 is 0 Å². The Kier molecular flexibility index (Phi) is 2.90. The zero-order valence-electron chi connectivity index (χ0n) is 8.07. The summed E-state index contributed by atoms with van der Waals surface area (Å²) in [6.07, 6.45) is 0.961. The van der Waals surface area contributed by atoms with Crippen LogP contribution < -0.4 is 5.56 Å². The average Bonchev–Trinajstić information content (AvgIpc) is 2.64. The third kappa shape index (κ3) is 2.28. The van der Waals surface area contributed by atoms with E-state index in [1.165, 1.54) is 6.07 Å². The minimum Gasteiger partial charge on any atom is -0.336 e. The number of alkyl halides is 1. The number of aromatic nitrogens is 1. The highest BCUT2D eigenvalue weighted by atomic mass is 79.9. The number of amides is 1. The van der Waals surface area contributed by atoms with Crippen molar-refractivity contribution in [2.45, 2.75) is 11.2 Å². The Bertz CT molecular complexity index is 429. The van der Waals surface area contributed by atoms with Crippen LogP contribution in [0.4, 0.5) is 0 Å². The van der Waals surface area contributed by atoms with Crippen LogP contribution in [-0.4, -0.2) is 33.7 Å². The molecule has 1 aliphatic rings. The molecule has 80 valence electrons. The molecule has 1 aromatic heterocycles. The van der Waals surface area contributed by atoms with E-state index in [0.717, 1.165) is 13.0 Å². The molecule has 0 radical (unpaired) electrons. The number of aromatic amines is 1. The lowest BCUT2D eigenvalue weighted by Gasteiger charge is -2.14. The van der Waals surface area contributed by atoms with Gasteiger partial charge in [-0.05, 0) is 12.5 Å². The number of hydrogen-bond acceptors (Lipinski definition) is 2. The molecular weight excluding hydrogens is 260 g/mol. The van der Waals surface area contributed by atoms with Gasteiger partial charge in [-0.3, -0.25) is 9.59 Å². The highest BCUT2D eigenvalue weighted by Crippen LogP contribution is 2.17. The fraction of sp³-hybridized carbons (Fsp3) is 0.400. The third-order valence-electron chi connectivity index (χ3n) is 2.42. The maximum absolute atomic E-state index is 11.9. The van der Waals surface area contributed by atoms with Gasteiger partial charge < -0.3 is 9.88 Å². The van der Waals surface area contributed by atoms with Gasteiger partial charge in [0.1, 0.15) is 5.69 Å². The van der Waals surface area contributed by atoms with Gasteiger partial charge in [0.15, 0.2) is 0 Å². The molecule has 1 saturated heterocycles. The Morgan fingerprint density at radius 1 is 1.53 bits per heavy atom. The van der Waals surface area contributed by atoms with E-state index in [1.807, 2.05) is 0 Å². The highest BCUT2D eigenvalue weighted by molar-refractivity contribution is 9.09. The molecule has 0 aliphatic carbocycles. The fourth-order valence-corrected chi connectivity index (χ4v) is 2.20. The number of carbonyl (C=O) groups excluding carboxylic acids is 1. The SMILES string of the molecule is O=C(c1cccc(=O)[nH]1)N1CCC(Br)C1. The van der Waals surface area contributed by atoms with Crippen molar-refractivity contribution in [3.63, 3.8) is 0 Å². The molecule has 1 amide bonds. The van der Waals surface area contributed by atoms with Crippen molar-refractivity contribution in [2.75, 3.05) is 13.1 Å². The molecule has 0 bridgehead atoms. The van der Waals surface area contributed by atoms with Gasteiger partial charge in [-0.25, -0.2) is 0 Å². The van der Waals surface area contributed by atoms with Crippen molar-refractivity contribution in [3.8, 4) is 0 Å². The van der Waals surface area contributed by atoms with Gasteiger partial charge in [-0.15, -0.1) is 0 Å². The number of rotatable bonds is 1. The van der Waals surface area contributed by atoms with Gasteiger partial charge in [-0.1, -0.05) is 22.0 Å². The largest absolute Gasteiger partial charge is 0.336 e. The van der Waals surface area contributed by atoms with Gasteiger partial charge >= 0.3 is 0 Å². The maximum Gasteiger partial charge on any atom is 0.270 e. The Labute approximate surface area is 95.4 Å². The molecule has 1 fully saturated rings. The van der Waals surface area contributed by atoms with E-state index in [4.69, 9.17) is 0 Å². The van der Waals surface area contributed by atoms with Crippen LogP contribution >= 0.6 is 15.9 Å². The summed E-state index contributed by atoms with van der Waals surface area (Å²) in [5.74, 6) is -0.102. The first-order valence-corrected chi connectivity index (χ1v) is 5.71. The van der Waals surface area contributed by atoms with E-state index in [2.05, 4.69) is 20.9 Å². The van der Waals surface area contributed by atoms with Gasteiger partial charge in [0, 0.05) is 24.0 Å². The number of H-pyrrole nitrogens is 1. The Balaban J connectivity index is 2.18. The molecule has 4 nitrogen and oxygen atoms in total. The number of nitrogens with zero attached hydrogens (tertiary/aromatic N) is 1. The highest BCUT2D eigenvalue weighted by Gasteiger charge is 2.25. The molecule has 5 heteroatoms. The molecule has 15 heavy (non-hydrogen) atoms. The van der Waals surface area contributed by atoms with Crippen LogP contribution in [0.3, 0.4) is 0 Å². The number of carbonyl (C=O) groups is 1. The van der Waals surface area contributed by atoms with Crippen LogP contribution in [0.25, 0.3) is 0 Å². The lowest BCUT2D eigenvalue weighted by molar-refractivity contribution is 0.0787. The topological polar surface area (TPSA) is 53.2 Å². The molecule has 2 heterocycles. The second-order valence-electron chi connectivity index (χ2n) is 3.57. The van der Waals surface area contributed by atoms with Gasteiger partial charge in [0.2, 0.25) is 5.56 Å². The van der Waals surface area contributed by atoms with E-state index in [-0.39, 0.29) is 11.5 Å². The molecule has 2 rings (SSSR count). The first kappa shape index (κ1) is 10.4. The van der Waals surface area contributed by atoms with Crippen molar-refractivity contribution in [2.24, 2.45) is 0 Å². The molecule has 1 unspecified atom stereocenters. The monoisotopic (exact) mass is 270 g/mol. The minimum absolute atomic E-state index is 0.102. The number of pyridine rings is 1. The van der Waals surface area contributed by atoms with Gasteiger partial charge in [0.25, 0.3) is 5.91 Å². The summed E-state index contributed by atoms with van der Waals surface area (Å²) in [7, 11) is 0. The van der Waals surface area contributed by atoms with Crippen LogP contribution in [-0.2, 0) is 0 Å². The zero-order chi connectivity index (χ0) is 10.8. The molecule has 1 aliphatic heterocycles. The van der Waals surface area contributed by atoms with Crippen LogP contribution in [0.1, 0.15) is 16.9 Å². The molecule has 0 aromatic carbocycles. The van der Waals surface area contributed by atoms with Crippen molar-refractivity contribution in [1.82, 2.24) is 9.88 Å². The normalized spacial score (nSPS) is 20.6. The summed E-state index contributed by atoms with van der Waals surface area (Å²) in [6, 6.07) is 4.62. The molecule has 1 N–H and O–H groups in total. The zero-order valence-corrected chi connectivity index (χ0v) is 9.66. The maximum atomic E-state index is 11.9. The van der Waals surface area contributed by atoms with Gasteiger partial charge in [0.05, 0.1) is 0 Å². The molecule has 1 atom stereocenters. The predicted molar refractivity (Wildman–Crippen MR) is 60.3 cm³/mol. The van der Waals surface area contributed by atoms with Crippen molar-refractivity contribution >= 4 is 21.8 Å². The first-order chi connectivity index (χ1) is 7.16. The number of likely N-dealkylation sites (tertiary alicyclic amines) is 1. The second kappa shape index (κ2) is 4.18. The molecule has 1 aromatic rings. The Morgan fingerprint density at radius 2 is 2.33 bits per heavy atom. The number of halogens is 1. The number of nitrogens with one attached hydrogen (secondary N) is 1. The summed E-state index contributed by atoms with van der Waals surface area (Å²) in [4.78, 5) is 27.6. The quantitative estimate of drug-likeness (QED) is 0.774. The minimum atomic E-state index is -0.240. The molecule has 0 spiro atoms. The van der Waals surface area contributed by atoms with E-state index < -0.39 is 0 Å². The summed E-state index contributed by atoms with van der Waals surface area (Å²) < 4.78 is 0. The second-order valence-corrected chi connectivity index (χ2v) is 4.86. The standard InChI is InChI=1S/C10H11BrN2O2/c11-7-4-5-13(6-7)10(15)8-2-1-3-9(14)12-8/h1-3,7H,4-6H2,(H,12,14). The van der Waals surface area contributed by atoms with Crippen molar-refractivity contribution in [3.05, 3.63) is 34.2 Å². The molecule has 0 saturated carbocycles. The van der Waals surface area contributed by atoms with E-state index in [0.29, 0.717) is 17.1 Å². The average molecular weight is 271 g/mol. The van der Waals surface area contributed by atoms with Gasteiger partial charge in [-0.2, -0.15) is 0 Å². The van der Waals surface area contributed by atoms with E-state index in [1.54, 1.807) is 17.0 Å². The summed E-state index contributed by atoms with van der Waals surface area (Å²) in [6.45, 7) is 1.45. The first-order valence-electron chi connectivity index (χ1n) is 4.79. The number of hydrogen-bond donors (Lipinski definition) is 1. The summed E-state index contributed by atoms with van der Waals surface area (Å²) in [5.41, 5.74) is 0.125. The van der Waals surface area contributed by atoms with E-state index in [9.17, 15) is 9.59 Å². The summed E-state index contributed by atoms with van der Waals surface area (Å²) in [5, 5.41) is 0. The van der Waals surface area contributed by atoms with Crippen molar-refractivity contribution in [1.29, 1.82) is 0 Å². The van der Waals surface area contributed by atoms with Crippen LogP contribution in [0, 0.1) is 0 Å². The predicted octanol–water partition coefficient (Wildman–Crippen LogP) is 0.984. The Hall–Kier alpha value is -1.10. The smallest absolute Gasteiger partial charge is 0.270 e. The third-order valence-corrected chi connectivity index (χ3v) is 3.16.